The van der Waals surface area contributed by atoms with Crippen molar-refractivity contribution in [2.75, 3.05) is 31.5 Å². The maximum atomic E-state index is 12.4. The number of likely N-dealkylation sites (tertiary alicyclic amines) is 1. The second-order valence-electron chi connectivity index (χ2n) is 7.31. The number of halogens is 1. The van der Waals surface area contributed by atoms with Gasteiger partial charge in [0.1, 0.15) is 0 Å². The number of aryl methyl sites for hydroxylation is 1. The highest BCUT2D eigenvalue weighted by atomic mass is 35.5. The average molecular weight is 380 g/mol. The third kappa shape index (κ3) is 5.45. The van der Waals surface area contributed by atoms with Gasteiger partial charge in [0, 0.05) is 30.8 Å². The fourth-order valence-corrected chi connectivity index (χ4v) is 3.76. The number of nitrogens with zero attached hydrogens (tertiary/aromatic N) is 1. The fourth-order valence-electron chi connectivity index (χ4n) is 3.76. The summed E-state index contributed by atoms with van der Waals surface area (Å²) in [7, 11) is 0. The molecule has 1 aromatic carbocycles. The Balaban J connectivity index is 0.00000243. The third-order valence-electron chi connectivity index (χ3n) is 5.38. The van der Waals surface area contributed by atoms with Crippen LogP contribution >= 0.6 is 12.4 Å². The van der Waals surface area contributed by atoms with E-state index in [0.717, 1.165) is 56.7 Å². The van der Waals surface area contributed by atoms with Crippen LogP contribution in [-0.2, 0) is 4.79 Å². The van der Waals surface area contributed by atoms with Gasteiger partial charge in [-0.2, -0.15) is 0 Å². The van der Waals surface area contributed by atoms with Crippen molar-refractivity contribution in [3.8, 4) is 0 Å². The van der Waals surface area contributed by atoms with E-state index < -0.39 is 0 Å². The Hall–Kier alpha value is -1.59. The van der Waals surface area contributed by atoms with E-state index in [9.17, 15) is 9.59 Å². The number of benzene rings is 1. The van der Waals surface area contributed by atoms with Crippen LogP contribution in [0.3, 0.4) is 0 Å². The lowest BCUT2D eigenvalue weighted by Crippen LogP contribution is -2.28. The van der Waals surface area contributed by atoms with Crippen LogP contribution in [0.15, 0.2) is 18.2 Å². The molecular weight excluding hydrogens is 350 g/mol. The SMILES string of the molecule is Cc1cc(C(=O)N2CCCC2)ccc1NC(=O)CCC1CCNCC1.Cl. The van der Waals surface area contributed by atoms with Crippen LogP contribution in [0.2, 0.25) is 0 Å². The Morgan fingerprint density at radius 3 is 2.54 bits per heavy atom. The maximum absolute atomic E-state index is 12.4. The summed E-state index contributed by atoms with van der Waals surface area (Å²) >= 11 is 0. The summed E-state index contributed by atoms with van der Waals surface area (Å²) in [6.07, 6.45) is 6.04. The first-order valence-electron chi connectivity index (χ1n) is 9.54. The summed E-state index contributed by atoms with van der Waals surface area (Å²) in [5, 5.41) is 6.36. The molecule has 144 valence electrons. The van der Waals surface area contributed by atoms with Gasteiger partial charge in [-0.05, 0) is 81.8 Å². The molecule has 0 unspecified atom stereocenters. The van der Waals surface area contributed by atoms with Gasteiger partial charge >= 0.3 is 0 Å². The number of carbonyl (C=O) groups is 2. The average Bonchev–Trinajstić information content (AvgIpc) is 3.16. The second kappa shape index (κ2) is 9.93. The molecule has 0 aromatic heterocycles. The molecular formula is C20H30ClN3O2. The van der Waals surface area contributed by atoms with Gasteiger partial charge in [-0.15, -0.1) is 12.4 Å². The first-order chi connectivity index (χ1) is 12.1. The molecule has 6 heteroatoms. The predicted molar refractivity (Wildman–Crippen MR) is 107 cm³/mol. The number of hydrogen-bond donors (Lipinski definition) is 2. The number of rotatable bonds is 5. The van der Waals surface area contributed by atoms with E-state index in [1.54, 1.807) is 0 Å². The van der Waals surface area contributed by atoms with E-state index in [4.69, 9.17) is 0 Å². The number of carbonyl (C=O) groups excluding carboxylic acids is 2. The molecule has 3 rings (SSSR count). The smallest absolute Gasteiger partial charge is 0.253 e. The first-order valence-corrected chi connectivity index (χ1v) is 9.54. The molecule has 0 atom stereocenters. The molecule has 0 aliphatic carbocycles. The monoisotopic (exact) mass is 379 g/mol. The molecule has 2 saturated heterocycles. The lowest BCUT2D eigenvalue weighted by Gasteiger charge is -2.22. The zero-order valence-corrected chi connectivity index (χ0v) is 16.4. The van der Waals surface area contributed by atoms with Gasteiger partial charge < -0.3 is 15.5 Å². The zero-order chi connectivity index (χ0) is 17.6. The second-order valence-corrected chi connectivity index (χ2v) is 7.31. The van der Waals surface area contributed by atoms with E-state index in [1.807, 2.05) is 30.0 Å². The zero-order valence-electron chi connectivity index (χ0n) is 15.6. The van der Waals surface area contributed by atoms with E-state index in [2.05, 4.69) is 10.6 Å². The van der Waals surface area contributed by atoms with Crippen molar-refractivity contribution >= 4 is 29.9 Å². The summed E-state index contributed by atoms with van der Waals surface area (Å²) in [5.74, 6) is 0.832. The standard InChI is InChI=1S/C20H29N3O2.ClH/c1-15-14-17(20(25)23-12-2-3-13-23)5-6-18(15)22-19(24)7-4-16-8-10-21-11-9-16;/h5-6,14,16,21H,2-4,7-13H2,1H3,(H,22,24);1H. The summed E-state index contributed by atoms with van der Waals surface area (Å²) in [6, 6.07) is 5.58. The molecule has 0 spiro atoms. The predicted octanol–water partition coefficient (Wildman–Crippen LogP) is 3.37. The molecule has 0 radical (unpaired) electrons. The van der Waals surface area contributed by atoms with Gasteiger partial charge in [-0.3, -0.25) is 9.59 Å². The first kappa shape index (κ1) is 20.7. The van der Waals surface area contributed by atoms with Gasteiger partial charge in [0.25, 0.3) is 5.91 Å². The topological polar surface area (TPSA) is 61.4 Å². The Morgan fingerprint density at radius 2 is 1.88 bits per heavy atom. The van der Waals surface area contributed by atoms with Crippen LogP contribution in [0.25, 0.3) is 0 Å². The lowest BCUT2D eigenvalue weighted by molar-refractivity contribution is -0.116. The van der Waals surface area contributed by atoms with E-state index in [-0.39, 0.29) is 24.2 Å². The molecule has 2 amide bonds. The number of hydrogen-bond acceptors (Lipinski definition) is 3. The Labute approximate surface area is 162 Å². The van der Waals surface area contributed by atoms with Crippen molar-refractivity contribution in [1.29, 1.82) is 0 Å². The normalized spacial score (nSPS) is 17.7. The molecule has 5 nitrogen and oxygen atoms in total. The van der Waals surface area contributed by atoms with Crippen LogP contribution < -0.4 is 10.6 Å². The van der Waals surface area contributed by atoms with Crippen molar-refractivity contribution in [1.82, 2.24) is 10.2 Å². The van der Waals surface area contributed by atoms with Gasteiger partial charge in [0.05, 0.1) is 0 Å². The van der Waals surface area contributed by atoms with Crippen molar-refractivity contribution in [2.24, 2.45) is 5.92 Å². The van der Waals surface area contributed by atoms with E-state index in [0.29, 0.717) is 17.9 Å². The largest absolute Gasteiger partial charge is 0.339 e. The number of piperidine rings is 1. The summed E-state index contributed by atoms with van der Waals surface area (Å²) in [5.41, 5.74) is 2.47. The Morgan fingerprint density at radius 1 is 1.19 bits per heavy atom. The van der Waals surface area contributed by atoms with Crippen LogP contribution in [0, 0.1) is 12.8 Å². The Kier molecular flexibility index (Phi) is 7.91. The lowest BCUT2D eigenvalue weighted by atomic mass is 9.93. The van der Waals surface area contributed by atoms with Crippen molar-refractivity contribution in [2.45, 2.75) is 45.4 Å². The van der Waals surface area contributed by atoms with E-state index in [1.165, 1.54) is 12.8 Å². The van der Waals surface area contributed by atoms with Gasteiger partial charge in [-0.1, -0.05) is 0 Å². The Bertz CT molecular complexity index is 623. The maximum Gasteiger partial charge on any atom is 0.253 e. The minimum absolute atomic E-state index is 0. The molecule has 2 aliphatic heterocycles. The molecule has 2 fully saturated rings. The van der Waals surface area contributed by atoms with Crippen LogP contribution in [0.5, 0.6) is 0 Å². The number of anilines is 1. The minimum atomic E-state index is 0. The molecule has 26 heavy (non-hydrogen) atoms. The van der Waals surface area contributed by atoms with Crippen molar-refractivity contribution < 1.29 is 9.59 Å². The third-order valence-corrected chi connectivity index (χ3v) is 5.38. The van der Waals surface area contributed by atoms with Crippen LogP contribution in [-0.4, -0.2) is 42.9 Å². The van der Waals surface area contributed by atoms with Crippen LogP contribution in [0.1, 0.15) is 54.4 Å². The number of nitrogens with one attached hydrogen (secondary N) is 2. The fraction of sp³-hybridized carbons (Fsp3) is 0.600. The molecule has 2 heterocycles. The molecule has 0 bridgehead atoms. The molecule has 2 aliphatic rings. The molecule has 2 N–H and O–H groups in total. The number of amides is 2. The summed E-state index contributed by atoms with van der Waals surface area (Å²) < 4.78 is 0. The van der Waals surface area contributed by atoms with Gasteiger partial charge in [-0.25, -0.2) is 0 Å². The van der Waals surface area contributed by atoms with Gasteiger partial charge in [0.15, 0.2) is 0 Å². The quantitative estimate of drug-likeness (QED) is 0.824. The highest BCUT2D eigenvalue weighted by Crippen LogP contribution is 2.21. The highest BCUT2D eigenvalue weighted by molar-refractivity contribution is 5.96. The highest BCUT2D eigenvalue weighted by Gasteiger charge is 2.20. The van der Waals surface area contributed by atoms with Crippen molar-refractivity contribution in [3.05, 3.63) is 29.3 Å². The molecule has 0 saturated carbocycles. The summed E-state index contributed by atoms with van der Waals surface area (Å²) in [4.78, 5) is 26.6. The minimum Gasteiger partial charge on any atom is -0.339 e. The van der Waals surface area contributed by atoms with Gasteiger partial charge in [0.2, 0.25) is 5.91 Å². The van der Waals surface area contributed by atoms with E-state index >= 15 is 0 Å². The molecule has 1 aromatic rings. The van der Waals surface area contributed by atoms with Crippen LogP contribution in [0.4, 0.5) is 5.69 Å². The summed E-state index contributed by atoms with van der Waals surface area (Å²) in [6.45, 7) is 5.79. The van der Waals surface area contributed by atoms with Crippen molar-refractivity contribution in [3.63, 3.8) is 0 Å².